The molecule has 0 aliphatic carbocycles. The summed E-state index contributed by atoms with van der Waals surface area (Å²) in [7, 11) is 0. The molecule has 0 heterocycles. The van der Waals surface area contributed by atoms with E-state index in [2.05, 4.69) is 14.7 Å². The first-order chi connectivity index (χ1) is 18.9. The van der Waals surface area contributed by atoms with Crippen LogP contribution in [0.4, 0.5) is 0 Å². The Morgan fingerprint density at radius 1 is 0.386 bits per heavy atom. The van der Waals surface area contributed by atoms with Gasteiger partial charge in [-0.15, -0.1) is 0 Å². The number of aliphatic hydroxyl groups is 3. The van der Waals surface area contributed by atoms with Crippen molar-refractivity contribution in [3.63, 3.8) is 0 Å². The topological polar surface area (TPSA) is 424 Å². The van der Waals surface area contributed by atoms with Crippen LogP contribution in [0.3, 0.4) is 0 Å². The first-order valence-corrected chi connectivity index (χ1v) is 10.0. The van der Waals surface area contributed by atoms with E-state index in [-0.39, 0.29) is 65.4 Å². The Kier molecular flexibility index (Phi) is 27.2. The average Bonchev–Trinajstić information content (AvgIpc) is 2.82. The van der Waals surface area contributed by atoms with Crippen molar-refractivity contribution in [3.05, 3.63) is 0 Å². The van der Waals surface area contributed by atoms with Crippen LogP contribution in [0.2, 0.25) is 0 Å². The maximum absolute atomic E-state index is 10.4. The Balaban J connectivity index is -0.000000169. The van der Waals surface area contributed by atoms with E-state index >= 15 is 0 Å². The van der Waals surface area contributed by atoms with E-state index in [0.29, 0.717) is 0 Å². The number of hydrogen-bond donors (Lipinski definition) is 12. The zero-order valence-corrected chi connectivity index (χ0v) is 27.3. The Morgan fingerprint density at radius 3 is 0.636 bits per heavy atom. The van der Waals surface area contributed by atoms with Gasteiger partial charge in [-0.05, 0) is 0 Å². The quantitative estimate of drug-likeness (QED) is 0.0427. The van der Waals surface area contributed by atoms with Gasteiger partial charge in [0.1, 0.15) is 0 Å². The molecule has 0 amide bonds. The van der Waals surface area contributed by atoms with E-state index in [0.717, 1.165) is 0 Å². The van der Waals surface area contributed by atoms with E-state index in [9.17, 15) is 43.2 Å². The van der Waals surface area contributed by atoms with Gasteiger partial charge in [0.15, 0.2) is 16.8 Å². The molecular formula is C18H24O24Y2. The molecular weight excluding hydrogens is 778 g/mol. The zero-order chi connectivity index (χ0) is 34.1. The van der Waals surface area contributed by atoms with E-state index in [1.165, 1.54) is 0 Å². The summed E-state index contributed by atoms with van der Waals surface area (Å²) >= 11 is 0. The molecule has 0 saturated heterocycles. The van der Waals surface area contributed by atoms with Crippen molar-refractivity contribution >= 4 is 53.7 Å². The molecule has 2 radical (unpaired) electrons. The monoisotopic (exact) mass is 802 g/mol. The van der Waals surface area contributed by atoms with Gasteiger partial charge in [-0.1, -0.05) is 0 Å². The second-order valence-electron chi connectivity index (χ2n) is 7.64. The summed E-state index contributed by atoms with van der Waals surface area (Å²) in [6.07, 6.45) is -6.95. The fraction of sp³-hybridized carbons (Fsp3) is 0.500. The molecule has 0 rings (SSSR count). The number of carbonyl (C=O) groups is 9. The van der Waals surface area contributed by atoms with Gasteiger partial charge in [-0.25, -0.2) is 28.8 Å². The minimum absolute atomic E-state index is 0. The second-order valence-corrected chi connectivity index (χ2v) is 7.64. The van der Waals surface area contributed by atoms with E-state index in [4.69, 9.17) is 61.7 Å². The molecule has 0 aliphatic rings. The number of aliphatic carboxylic acids is 6. The first-order valence-electron chi connectivity index (χ1n) is 10.0. The fourth-order valence-corrected chi connectivity index (χ4v) is 2.20. The zero-order valence-electron chi connectivity index (χ0n) is 21.7. The summed E-state index contributed by atoms with van der Waals surface area (Å²) < 4.78 is 0. The van der Waals surface area contributed by atoms with Crippen molar-refractivity contribution < 1.29 is 185 Å². The first kappa shape index (κ1) is 50.8. The van der Waals surface area contributed by atoms with Crippen LogP contribution < -0.4 is 0 Å². The smallest absolute Gasteiger partial charge is 0.345 e. The number of hydrogen-bond acceptors (Lipinski definition) is 18. The van der Waals surface area contributed by atoms with Crippen molar-refractivity contribution in [2.45, 2.75) is 55.3 Å². The number of rotatable bonds is 15. The van der Waals surface area contributed by atoms with Crippen molar-refractivity contribution in [2.24, 2.45) is 0 Å². The number of carbonyl (C=O) groups excluding carboxylic acids is 3. The molecule has 3 atom stereocenters. The van der Waals surface area contributed by atoms with Crippen LogP contribution in [-0.2, 0) is 123 Å². The van der Waals surface area contributed by atoms with Gasteiger partial charge < -0.3 is 60.6 Å². The van der Waals surface area contributed by atoms with Crippen LogP contribution in [0.15, 0.2) is 0 Å². The minimum Gasteiger partial charge on any atom is -0.481 e. The molecule has 0 bridgehead atoms. The van der Waals surface area contributed by atoms with Crippen LogP contribution in [0.5, 0.6) is 0 Å². The van der Waals surface area contributed by atoms with Gasteiger partial charge in [0.2, 0.25) is 0 Å². The maximum Gasteiger partial charge on any atom is 0.345 e. The van der Waals surface area contributed by atoms with Crippen molar-refractivity contribution in [1.29, 1.82) is 0 Å². The Hall–Kier alpha value is -2.80. The predicted octanol–water partition coefficient (Wildman–Crippen LogP) is -3.96. The van der Waals surface area contributed by atoms with E-state index < -0.39 is 109 Å². The Labute approximate surface area is 292 Å². The average molecular weight is 802 g/mol. The van der Waals surface area contributed by atoms with Gasteiger partial charge in [-0.2, -0.15) is 15.8 Å². The summed E-state index contributed by atoms with van der Waals surface area (Å²) in [4.78, 5) is 102. The molecule has 0 aromatic rings. The Morgan fingerprint density at radius 2 is 0.545 bits per heavy atom. The molecule has 26 heteroatoms. The summed E-state index contributed by atoms with van der Waals surface area (Å²) in [6.45, 7) is 0. The third kappa shape index (κ3) is 21.8. The normalized spacial score (nSPS) is 13.5. The molecule has 0 aromatic carbocycles. The minimum atomic E-state index is -2.77. The van der Waals surface area contributed by atoms with Crippen LogP contribution >= 0.6 is 0 Å². The molecule has 44 heavy (non-hydrogen) atoms. The molecule has 0 saturated carbocycles. The number of carboxylic acids is 6. The van der Waals surface area contributed by atoms with Crippen molar-refractivity contribution in [2.75, 3.05) is 0 Å². The fourth-order valence-electron chi connectivity index (χ4n) is 2.20. The van der Waals surface area contributed by atoms with Gasteiger partial charge in [-0.3, -0.25) is 14.4 Å². The van der Waals surface area contributed by atoms with E-state index in [1.807, 2.05) is 0 Å². The van der Waals surface area contributed by atoms with Crippen LogP contribution in [0.25, 0.3) is 0 Å². The summed E-state index contributed by atoms with van der Waals surface area (Å²) in [6, 6.07) is 0. The molecule has 24 nitrogen and oxygen atoms in total. The van der Waals surface area contributed by atoms with Crippen molar-refractivity contribution in [3.8, 4) is 0 Å². The predicted molar refractivity (Wildman–Crippen MR) is 115 cm³/mol. The molecule has 246 valence electrons. The van der Waals surface area contributed by atoms with Gasteiger partial charge in [0.25, 0.3) is 0 Å². The molecule has 12 N–H and O–H groups in total. The second kappa shape index (κ2) is 23.6. The van der Waals surface area contributed by atoms with Gasteiger partial charge in [0.05, 0.1) is 38.5 Å². The standard InChI is InChI=1S/3C6H8O8.2Y/c3*7-3(8)1-6(12,5(10)11)2-4(9)14-13;;/h3*12-13H,1-2H2,(H,7,8)(H,10,11);;. The van der Waals surface area contributed by atoms with Gasteiger partial charge >= 0.3 is 53.7 Å². The summed E-state index contributed by atoms with van der Waals surface area (Å²) in [5, 5.41) is 101. The molecule has 0 aromatic heterocycles. The Bertz CT molecular complexity index is 916. The maximum atomic E-state index is 10.4. The molecule has 0 fully saturated rings. The van der Waals surface area contributed by atoms with Crippen LogP contribution in [0.1, 0.15) is 38.5 Å². The summed E-state index contributed by atoms with van der Waals surface area (Å²) in [5.41, 5.74) is -8.32. The van der Waals surface area contributed by atoms with Crippen molar-refractivity contribution in [1.82, 2.24) is 0 Å². The molecule has 0 aliphatic heterocycles. The third-order valence-electron chi connectivity index (χ3n) is 4.14. The third-order valence-corrected chi connectivity index (χ3v) is 4.14. The van der Waals surface area contributed by atoms with Crippen LogP contribution in [-0.4, -0.2) is 132 Å². The van der Waals surface area contributed by atoms with Gasteiger partial charge in [0, 0.05) is 65.4 Å². The SMILES string of the molecule is O=C(O)CC(O)(CC(=O)OO)C(=O)O.O=C(O)CC(O)(CC(=O)OO)C(=O)O.O=C(O)CC(O)(CC(=O)OO)C(=O)O.[Y].[Y]. The van der Waals surface area contributed by atoms with Crippen LogP contribution in [0, 0.1) is 0 Å². The number of carboxylic acid groups (broad SMARTS) is 6. The summed E-state index contributed by atoms with van der Waals surface area (Å²) in [5.74, 6) is -14.7. The largest absolute Gasteiger partial charge is 0.481 e. The molecule has 3 unspecified atom stereocenters. The molecule has 0 spiro atoms. The van der Waals surface area contributed by atoms with E-state index in [1.54, 1.807) is 0 Å².